The summed E-state index contributed by atoms with van der Waals surface area (Å²) < 4.78 is 10.8. The number of amides is 2. The summed E-state index contributed by atoms with van der Waals surface area (Å²) in [7, 11) is 0. The molecule has 0 saturated heterocycles. The van der Waals surface area contributed by atoms with Gasteiger partial charge in [-0.15, -0.1) is 0 Å². The van der Waals surface area contributed by atoms with Crippen LogP contribution < -0.4 is 15.4 Å². The Morgan fingerprint density at radius 3 is 2.03 bits per heavy atom. The van der Waals surface area contributed by atoms with Crippen LogP contribution >= 0.6 is 0 Å². The van der Waals surface area contributed by atoms with Crippen molar-refractivity contribution < 1.29 is 23.9 Å². The van der Waals surface area contributed by atoms with Gasteiger partial charge in [-0.2, -0.15) is 0 Å². The zero-order chi connectivity index (χ0) is 22.6. The number of carbonyl (C=O) groups excluding carboxylic acids is 3. The average molecular weight is 420 g/mol. The standard InChI is InChI=1S/C24H24N2O5/c1-15(27)25-18-9-11-19(12-10-18)30-22(28)20-13-16-7-5-6-8-17(16)14-21(20)26-23(29)31-24(2,3)4/h5-14H,1-4H3,(H,25,27)(H,26,29). The predicted molar refractivity (Wildman–Crippen MR) is 120 cm³/mol. The van der Waals surface area contributed by atoms with Crippen molar-refractivity contribution in [3.8, 4) is 5.75 Å². The number of anilines is 2. The lowest BCUT2D eigenvalue weighted by atomic mass is 10.0. The molecule has 0 aliphatic carbocycles. The van der Waals surface area contributed by atoms with E-state index in [9.17, 15) is 14.4 Å². The van der Waals surface area contributed by atoms with Gasteiger partial charge in [-0.05, 0) is 67.9 Å². The van der Waals surface area contributed by atoms with Crippen LogP contribution in [0.1, 0.15) is 38.1 Å². The molecule has 0 aliphatic rings. The van der Waals surface area contributed by atoms with Crippen molar-refractivity contribution in [2.45, 2.75) is 33.3 Å². The van der Waals surface area contributed by atoms with Crippen molar-refractivity contribution in [2.24, 2.45) is 0 Å². The molecule has 0 radical (unpaired) electrons. The molecule has 0 aliphatic heterocycles. The second-order valence-electron chi connectivity index (χ2n) is 7.97. The molecule has 0 atom stereocenters. The van der Waals surface area contributed by atoms with Crippen molar-refractivity contribution >= 4 is 40.1 Å². The maximum absolute atomic E-state index is 12.9. The van der Waals surface area contributed by atoms with Crippen LogP contribution in [0.2, 0.25) is 0 Å². The van der Waals surface area contributed by atoms with Crippen LogP contribution in [0.3, 0.4) is 0 Å². The zero-order valence-electron chi connectivity index (χ0n) is 17.8. The van der Waals surface area contributed by atoms with E-state index in [1.54, 1.807) is 57.2 Å². The molecular weight excluding hydrogens is 396 g/mol. The summed E-state index contributed by atoms with van der Waals surface area (Å²) in [6.45, 7) is 6.68. The highest BCUT2D eigenvalue weighted by atomic mass is 16.6. The molecule has 7 nitrogen and oxygen atoms in total. The number of fused-ring (bicyclic) bond motifs is 1. The molecule has 3 aromatic carbocycles. The Morgan fingerprint density at radius 1 is 0.839 bits per heavy atom. The number of ether oxygens (including phenoxy) is 2. The van der Waals surface area contributed by atoms with Gasteiger partial charge in [-0.1, -0.05) is 24.3 Å². The number of carbonyl (C=O) groups is 3. The zero-order valence-corrected chi connectivity index (χ0v) is 17.8. The first kappa shape index (κ1) is 21.8. The molecule has 2 N–H and O–H groups in total. The molecular formula is C24H24N2O5. The average Bonchev–Trinajstić information content (AvgIpc) is 2.67. The first-order valence-electron chi connectivity index (χ1n) is 9.73. The lowest BCUT2D eigenvalue weighted by molar-refractivity contribution is -0.114. The van der Waals surface area contributed by atoms with Crippen molar-refractivity contribution in [1.82, 2.24) is 0 Å². The van der Waals surface area contributed by atoms with Gasteiger partial charge in [0.15, 0.2) is 0 Å². The van der Waals surface area contributed by atoms with Crippen LogP contribution in [0.15, 0.2) is 60.7 Å². The van der Waals surface area contributed by atoms with Gasteiger partial charge < -0.3 is 14.8 Å². The molecule has 0 aromatic heterocycles. The lowest BCUT2D eigenvalue weighted by Crippen LogP contribution is -2.28. The molecule has 0 saturated carbocycles. The van der Waals surface area contributed by atoms with Gasteiger partial charge in [0.05, 0.1) is 11.3 Å². The summed E-state index contributed by atoms with van der Waals surface area (Å²) >= 11 is 0. The summed E-state index contributed by atoms with van der Waals surface area (Å²) in [5.74, 6) is -0.529. The number of nitrogens with one attached hydrogen (secondary N) is 2. The number of benzene rings is 3. The third-order valence-electron chi connectivity index (χ3n) is 4.13. The smallest absolute Gasteiger partial charge is 0.412 e. The molecule has 0 fully saturated rings. The van der Waals surface area contributed by atoms with E-state index in [0.29, 0.717) is 11.4 Å². The minimum absolute atomic E-state index is 0.190. The second kappa shape index (κ2) is 8.87. The fourth-order valence-electron chi connectivity index (χ4n) is 2.90. The van der Waals surface area contributed by atoms with Gasteiger partial charge in [0.25, 0.3) is 0 Å². The molecule has 160 valence electrons. The maximum atomic E-state index is 12.9. The normalized spacial score (nSPS) is 11.0. The first-order valence-corrected chi connectivity index (χ1v) is 9.73. The summed E-state index contributed by atoms with van der Waals surface area (Å²) in [6, 6.07) is 17.3. The van der Waals surface area contributed by atoms with E-state index in [1.165, 1.54) is 6.92 Å². The molecule has 2 amide bonds. The monoisotopic (exact) mass is 420 g/mol. The number of esters is 1. The topological polar surface area (TPSA) is 93.7 Å². The Labute approximate surface area is 180 Å². The Bertz CT molecular complexity index is 1130. The number of hydrogen-bond donors (Lipinski definition) is 2. The summed E-state index contributed by atoms with van der Waals surface area (Å²) in [5, 5.41) is 6.97. The SMILES string of the molecule is CC(=O)Nc1ccc(OC(=O)c2cc3ccccc3cc2NC(=O)OC(C)(C)C)cc1. The van der Waals surface area contributed by atoms with E-state index in [1.807, 2.05) is 24.3 Å². The van der Waals surface area contributed by atoms with Crippen molar-refractivity contribution in [1.29, 1.82) is 0 Å². The molecule has 0 heterocycles. The van der Waals surface area contributed by atoms with Crippen LogP contribution in [0.25, 0.3) is 10.8 Å². The Hall–Kier alpha value is -3.87. The maximum Gasteiger partial charge on any atom is 0.412 e. The second-order valence-corrected chi connectivity index (χ2v) is 7.97. The Balaban J connectivity index is 1.88. The van der Waals surface area contributed by atoms with Crippen LogP contribution in [-0.4, -0.2) is 23.6 Å². The van der Waals surface area contributed by atoms with E-state index >= 15 is 0 Å². The molecule has 3 rings (SSSR count). The third kappa shape index (κ3) is 6.05. The van der Waals surface area contributed by atoms with E-state index in [-0.39, 0.29) is 17.2 Å². The highest BCUT2D eigenvalue weighted by Gasteiger charge is 2.21. The summed E-state index contributed by atoms with van der Waals surface area (Å²) in [6.07, 6.45) is -0.670. The van der Waals surface area contributed by atoms with Gasteiger partial charge in [-0.25, -0.2) is 9.59 Å². The van der Waals surface area contributed by atoms with Crippen LogP contribution in [0.5, 0.6) is 5.75 Å². The quantitative estimate of drug-likeness (QED) is 0.437. The highest BCUT2D eigenvalue weighted by molar-refractivity contribution is 6.05. The molecule has 3 aromatic rings. The fourth-order valence-corrected chi connectivity index (χ4v) is 2.90. The Morgan fingerprint density at radius 2 is 1.45 bits per heavy atom. The van der Waals surface area contributed by atoms with Gasteiger partial charge >= 0.3 is 12.1 Å². The highest BCUT2D eigenvalue weighted by Crippen LogP contribution is 2.27. The summed E-state index contributed by atoms with van der Waals surface area (Å²) in [5.41, 5.74) is 0.380. The Kier molecular flexibility index (Phi) is 6.25. The van der Waals surface area contributed by atoms with Crippen LogP contribution in [0, 0.1) is 0 Å². The van der Waals surface area contributed by atoms with E-state index in [4.69, 9.17) is 9.47 Å². The minimum atomic E-state index is -0.683. The van der Waals surface area contributed by atoms with E-state index in [2.05, 4.69) is 10.6 Å². The van der Waals surface area contributed by atoms with Gasteiger partial charge in [0.2, 0.25) is 5.91 Å². The van der Waals surface area contributed by atoms with Crippen molar-refractivity contribution in [3.63, 3.8) is 0 Å². The molecule has 7 heteroatoms. The van der Waals surface area contributed by atoms with E-state index < -0.39 is 17.7 Å². The molecule has 0 spiro atoms. The van der Waals surface area contributed by atoms with Crippen LogP contribution in [-0.2, 0) is 9.53 Å². The van der Waals surface area contributed by atoms with Gasteiger partial charge in [0.1, 0.15) is 11.4 Å². The first-order chi connectivity index (χ1) is 14.6. The summed E-state index contributed by atoms with van der Waals surface area (Å²) in [4.78, 5) is 36.4. The molecule has 0 unspecified atom stereocenters. The van der Waals surface area contributed by atoms with Crippen molar-refractivity contribution in [2.75, 3.05) is 10.6 Å². The molecule has 0 bridgehead atoms. The predicted octanol–water partition coefficient (Wildman–Crippen LogP) is 5.36. The van der Waals surface area contributed by atoms with Crippen LogP contribution in [0.4, 0.5) is 16.2 Å². The fraction of sp³-hybridized carbons (Fsp3) is 0.208. The lowest BCUT2D eigenvalue weighted by Gasteiger charge is -2.20. The number of hydrogen-bond acceptors (Lipinski definition) is 5. The van der Waals surface area contributed by atoms with Crippen molar-refractivity contribution in [3.05, 3.63) is 66.2 Å². The number of rotatable bonds is 4. The third-order valence-corrected chi connectivity index (χ3v) is 4.13. The molecule has 31 heavy (non-hydrogen) atoms. The van der Waals surface area contributed by atoms with Gasteiger partial charge in [0, 0.05) is 12.6 Å². The van der Waals surface area contributed by atoms with Gasteiger partial charge in [-0.3, -0.25) is 10.1 Å². The van der Waals surface area contributed by atoms with E-state index in [0.717, 1.165) is 10.8 Å². The minimum Gasteiger partial charge on any atom is -0.444 e. The largest absolute Gasteiger partial charge is 0.444 e.